The van der Waals surface area contributed by atoms with E-state index in [9.17, 15) is 23.2 Å². The minimum atomic E-state index is -4.71. The number of carbonyl (C=O) groups is 1. The van der Waals surface area contributed by atoms with Gasteiger partial charge >= 0.3 is 6.18 Å². The first-order valence-corrected chi connectivity index (χ1v) is 12.4. The summed E-state index contributed by atoms with van der Waals surface area (Å²) in [4.78, 5) is 34.9. The minimum absolute atomic E-state index is 0.203. The summed E-state index contributed by atoms with van der Waals surface area (Å²) in [7, 11) is 0. The van der Waals surface area contributed by atoms with Gasteiger partial charge in [0.15, 0.2) is 0 Å². The van der Waals surface area contributed by atoms with Crippen molar-refractivity contribution in [2.45, 2.75) is 37.0 Å². The molecular formula is C25H23F3N10O. The molecule has 0 atom stereocenters. The van der Waals surface area contributed by atoms with Crippen molar-refractivity contribution in [1.82, 2.24) is 44.5 Å². The van der Waals surface area contributed by atoms with Crippen LogP contribution in [0.3, 0.4) is 0 Å². The molecule has 6 rings (SSSR count). The van der Waals surface area contributed by atoms with Crippen molar-refractivity contribution < 1.29 is 18.0 Å². The van der Waals surface area contributed by atoms with E-state index in [4.69, 9.17) is 0 Å². The van der Waals surface area contributed by atoms with E-state index in [0.717, 1.165) is 41.3 Å². The van der Waals surface area contributed by atoms with Crippen molar-refractivity contribution in [2.24, 2.45) is 0 Å². The quantitative estimate of drug-likeness (QED) is 0.412. The van der Waals surface area contributed by atoms with E-state index in [-0.39, 0.29) is 11.7 Å². The van der Waals surface area contributed by atoms with Crippen molar-refractivity contribution >= 4 is 16.9 Å². The average molecular weight is 537 g/mol. The molecule has 0 spiro atoms. The van der Waals surface area contributed by atoms with E-state index < -0.39 is 23.4 Å². The molecular weight excluding hydrogens is 513 g/mol. The first kappa shape index (κ1) is 24.9. The Morgan fingerprint density at radius 3 is 2.69 bits per heavy atom. The summed E-state index contributed by atoms with van der Waals surface area (Å²) >= 11 is 0. The number of aromatic amines is 1. The van der Waals surface area contributed by atoms with E-state index in [1.807, 2.05) is 23.1 Å². The van der Waals surface area contributed by atoms with Gasteiger partial charge in [0.1, 0.15) is 17.7 Å². The second kappa shape index (κ2) is 9.42. The highest BCUT2D eigenvalue weighted by Crippen LogP contribution is 2.45. The summed E-state index contributed by atoms with van der Waals surface area (Å²) in [5, 5.41) is 15.1. The van der Waals surface area contributed by atoms with Crippen LogP contribution in [-0.2, 0) is 11.7 Å². The Morgan fingerprint density at radius 2 is 1.95 bits per heavy atom. The molecule has 39 heavy (non-hydrogen) atoms. The average Bonchev–Trinajstić information content (AvgIpc) is 3.60. The second-order valence-corrected chi connectivity index (χ2v) is 9.85. The van der Waals surface area contributed by atoms with Gasteiger partial charge in [-0.1, -0.05) is 0 Å². The Labute approximate surface area is 220 Å². The molecule has 1 aliphatic carbocycles. The number of fused-ring (bicyclic) bond motifs is 1. The van der Waals surface area contributed by atoms with Gasteiger partial charge in [0, 0.05) is 61.8 Å². The molecule has 4 aromatic heterocycles. The lowest BCUT2D eigenvalue weighted by molar-refractivity contribution is -0.145. The highest BCUT2D eigenvalue weighted by molar-refractivity contribution is 5.92. The molecule has 0 bridgehead atoms. The Bertz CT molecular complexity index is 1560. The van der Waals surface area contributed by atoms with Gasteiger partial charge in [-0.25, -0.2) is 19.9 Å². The molecule has 5 heterocycles. The van der Waals surface area contributed by atoms with Gasteiger partial charge in [-0.3, -0.25) is 14.4 Å². The van der Waals surface area contributed by atoms with E-state index >= 15 is 0 Å². The summed E-state index contributed by atoms with van der Waals surface area (Å²) in [5.41, 5.74) is 1.64. The number of H-pyrrole nitrogens is 1. The van der Waals surface area contributed by atoms with Gasteiger partial charge in [-0.15, -0.1) is 0 Å². The predicted molar refractivity (Wildman–Crippen MR) is 131 cm³/mol. The molecule has 1 amide bonds. The van der Waals surface area contributed by atoms with E-state index in [0.29, 0.717) is 32.6 Å². The number of aromatic nitrogens is 7. The number of rotatable bonds is 5. The zero-order valence-electron chi connectivity index (χ0n) is 20.6. The summed E-state index contributed by atoms with van der Waals surface area (Å²) < 4.78 is 40.7. The number of carbonyl (C=O) groups excluding carboxylic acids is 1. The molecule has 1 aliphatic heterocycles. The number of piperazine rings is 1. The van der Waals surface area contributed by atoms with Crippen molar-refractivity contribution in [3.05, 3.63) is 54.8 Å². The van der Waals surface area contributed by atoms with Crippen LogP contribution in [0.1, 0.15) is 35.6 Å². The first-order valence-electron chi connectivity index (χ1n) is 12.4. The van der Waals surface area contributed by atoms with Gasteiger partial charge in [0.05, 0.1) is 29.9 Å². The maximum atomic E-state index is 12.9. The fourth-order valence-corrected chi connectivity index (χ4v) is 5.51. The largest absolute Gasteiger partial charge is 0.451 e. The third-order valence-electron chi connectivity index (χ3n) is 7.58. The second-order valence-electron chi connectivity index (χ2n) is 9.85. The van der Waals surface area contributed by atoms with Gasteiger partial charge < -0.3 is 9.88 Å². The van der Waals surface area contributed by atoms with E-state index in [2.05, 4.69) is 41.0 Å². The normalized spacial score (nSPS) is 22.0. The molecule has 0 radical (unpaired) electrons. The first-order chi connectivity index (χ1) is 18.8. The fraction of sp³-hybridized carbons (Fsp3) is 0.400. The number of alkyl halides is 3. The zero-order chi connectivity index (χ0) is 27.2. The van der Waals surface area contributed by atoms with Crippen LogP contribution in [0.25, 0.3) is 22.3 Å². The number of hydrogen-bond donors (Lipinski definition) is 1. The summed E-state index contributed by atoms with van der Waals surface area (Å²) in [6.07, 6.45) is 4.98. The molecule has 2 aliphatic rings. The molecule has 200 valence electrons. The van der Waals surface area contributed by atoms with Gasteiger partial charge in [0.25, 0.3) is 5.91 Å². The summed E-state index contributed by atoms with van der Waals surface area (Å²) in [6, 6.07) is 5.63. The van der Waals surface area contributed by atoms with Crippen LogP contribution in [0.15, 0.2) is 43.2 Å². The van der Waals surface area contributed by atoms with Crippen LogP contribution in [-0.4, -0.2) is 82.6 Å². The smallest absolute Gasteiger partial charge is 0.346 e. The molecule has 1 saturated heterocycles. The Morgan fingerprint density at radius 1 is 1.15 bits per heavy atom. The maximum Gasteiger partial charge on any atom is 0.451 e. The number of nitrogens with zero attached hydrogens (tertiary/aromatic N) is 9. The highest BCUT2D eigenvalue weighted by atomic mass is 19.4. The van der Waals surface area contributed by atoms with Crippen LogP contribution in [0, 0.1) is 11.3 Å². The number of hydrogen-bond acceptors (Lipinski definition) is 8. The lowest BCUT2D eigenvalue weighted by Crippen LogP contribution is -2.60. The molecule has 1 saturated carbocycles. The lowest BCUT2D eigenvalue weighted by atomic mass is 9.70. The van der Waals surface area contributed by atoms with E-state index in [1.54, 1.807) is 6.20 Å². The van der Waals surface area contributed by atoms with Crippen molar-refractivity contribution in [1.29, 1.82) is 5.26 Å². The molecule has 0 unspecified atom stereocenters. The molecule has 1 N–H and O–H groups in total. The SMILES string of the molecule is N#CC[C@]1(n2cc(-c3ncnc4[nH]ccc34)cn2)C[C@@H](N2CCN(C(=O)c3ccnc(C(F)(F)F)n3)CC2)C1. The Balaban J connectivity index is 1.11. The van der Waals surface area contributed by atoms with Crippen LogP contribution in [0.5, 0.6) is 0 Å². The standard InChI is InChI=1S/C25H23F3N10O/c26-25(27,28)23-31-6-2-19(35-23)22(39)37-9-7-36(8-10-37)17-11-24(12-17,3-4-29)38-14-16(13-34-38)20-18-1-5-30-21(18)33-15-32-20/h1-2,5-6,13-15,17H,3,7-12H2,(H,30,32,33)/t17-,24+. The van der Waals surface area contributed by atoms with Crippen LogP contribution < -0.4 is 0 Å². The Hall–Kier alpha value is -4.38. The Kier molecular flexibility index (Phi) is 6.02. The van der Waals surface area contributed by atoms with Crippen LogP contribution in [0.4, 0.5) is 13.2 Å². The van der Waals surface area contributed by atoms with Crippen LogP contribution >= 0.6 is 0 Å². The molecule has 0 aromatic carbocycles. The van der Waals surface area contributed by atoms with Crippen molar-refractivity contribution in [3.63, 3.8) is 0 Å². The lowest BCUT2D eigenvalue weighted by Gasteiger charge is -2.52. The van der Waals surface area contributed by atoms with Gasteiger partial charge in [-0.05, 0) is 25.0 Å². The number of nitrogens with one attached hydrogen (secondary N) is 1. The van der Waals surface area contributed by atoms with Crippen LogP contribution in [0.2, 0.25) is 0 Å². The highest BCUT2D eigenvalue weighted by Gasteiger charge is 2.49. The van der Waals surface area contributed by atoms with Crippen molar-refractivity contribution in [2.75, 3.05) is 26.2 Å². The van der Waals surface area contributed by atoms with Gasteiger partial charge in [0.2, 0.25) is 5.82 Å². The third-order valence-corrected chi connectivity index (χ3v) is 7.58. The summed E-state index contributed by atoms with van der Waals surface area (Å²) in [5.74, 6) is -1.87. The van der Waals surface area contributed by atoms with Gasteiger partial charge in [-0.2, -0.15) is 23.5 Å². The molecule has 14 heteroatoms. The molecule has 2 fully saturated rings. The molecule has 11 nitrogen and oxygen atoms in total. The summed E-state index contributed by atoms with van der Waals surface area (Å²) in [6.45, 7) is 1.90. The number of nitriles is 1. The van der Waals surface area contributed by atoms with Crippen molar-refractivity contribution in [3.8, 4) is 17.3 Å². The molecule has 4 aromatic rings. The zero-order valence-corrected chi connectivity index (χ0v) is 20.6. The number of halogens is 3. The maximum absolute atomic E-state index is 12.9. The predicted octanol–water partition coefficient (Wildman–Crippen LogP) is 2.86. The topological polar surface area (TPSA) is 133 Å². The fourth-order valence-electron chi connectivity index (χ4n) is 5.51. The number of amides is 1. The minimum Gasteiger partial charge on any atom is -0.346 e. The third kappa shape index (κ3) is 4.48. The monoisotopic (exact) mass is 536 g/mol. The van der Waals surface area contributed by atoms with E-state index in [1.165, 1.54) is 17.3 Å².